The van der Waals surface area contributed by atoms with E-state index in [9.17, 15) is 4.79 Å². The molecule has 0 bridgehead atoms. The standard InChI is InChI=1S/C23H21N3O2/c1-2-10-22(26-20-15-8-7-14-19(20)24-25-26)28-21-16-9-6-13-18(21)23(27)17-11-4-3-5-12-17/h3-9,11-16,22H,2,10H2,1H3. The summed E-state index contributed by atoms with van der Waals surface area (Å²) in [6.07, 6.45) is 1.32. The van der Waals surface area contributed by atoms with E-state index in [1.165, 1.54) is 0 Å². The molecule has 0 aliphatic carbocycles. The van der Waals surface area contributed by atoms with E-state index >= 15 is 0 Å². The lowest BCUT2D eigenvalue weighted by atomic mass is 10.0. The van der Waals surface area contributed by atoms with Gasteiger partial charge < -0.3 is 4.74 Å². The molecule has 4 rings (SSSR count). The molecule has 0 N–H and O–H groups in total. The van der Waals surface area contributed by atoms with Gasteiger partial charge in [-0.05, 0) is 24.3 Å². The molecule has 5 nitrogen and oxygen atoms in total. The molecule has 0 fully saturated rings. The third-order valence-electron chi connectivity index (χ3n) is 4.62. The van der Waals surface area contributed by atoms with Gasteiger partial charge >= 0.3 is 0 Å². The van der Waals surface area contributed by atoms with Crippen LogP contribution in [0.1, 0.15) is 41.9 Å². The van der Waals surface area contributed by atoms with E-state index in [0.717, 1.165) is 23.9 Å². The van der Waals surface area contributed by atoms with Crippen molar-refractivity contribution in [3.8, 4) is 5.75 Å². The van der Waals surface area contributed by atoms with E-state index in [0.29, 0.717) is 16.9 Å². The van der Waals surface area contributed by atoms with Crippen LogP contribution in [0.4, 0.5) is 0 Å². The van der Waals surface area contributed by atoms with Crippen molar-refractivity contribution in [3.05, 3.63) is 90.0 Å². The van der Waals surface area contributed by atoms with Crippen LogP contribution >= 0.6 is 0 Å². The van der Waals surface area contributed by atoms with E-state index in [-0.39, 0.29) is 12.0 Å². The van der Waals surface area contributed by atoms with Gasteiger partial charge in [0, 0.05) is 12.0 Å². The van der Waals surface area contributed by atoms with Crippen molar-refractivity contribution < 1.29 is 9.53 Å². The maximum Gasteiger partial charge on any atom is 0.196 e. The van der Waals surface area contributed by atoms with Crippen molar-refractivity contribution in [2.45, 2.75) is 26.0 Å². The minimum absolute atomic E-state index is 0.0603. The highest BCUT2D eigenvalue weighted by atomic mass is 16.5. The van der Waals surface area contributed by atoms with Gasteiger partial charge in [-0.1, -0.05) is 73.2 Å². The lowest BCUT2D eigenvalue weighted by Crippen LogP contribution is -2.18. The van der Waals surface area contributed by atoms with Gasteiger partial charge in [-0.25, -0.2) is 4.68 Å². The largest absolute Gasteiger partial charge is 0.468 e. The summed E-state index contributed by atoms with van der Waals surface area (Å²) in [6.45, 7) is 2.09. The number of benzene rings is 3. The second-order valence-corrected chi connectivity index (χ2v) is 6.58. The number of rotatable bonds is 7. The minimum atomic E-state index is -0.345. The Kier molecular flexibility index (Phi) is 5.15. The molecule has 0 aliphatic heterocycles. The molecule has 0 saturated heterocycles. The van der Waals surface area contributed by atoms with Crippen LogP contribution in [0.25, 0.3) is 11.0 Å². The highest BCUT2D eigenvalue weighted by Crippen LogP contribution is 2.28. The molecule has 3 aromatic carbocycles. The number of carbonyl (C=O) groups excluding carboxylic acids is 1. The van der Waals surface area contributed by atoms with Gasteiger partial charge in [0.1, 0.15) is 11.3 Å². The summed E-state index contributed by atoms with van der Waals surface area (Å²) in [5.41, 5.74) is 2.91. The molecule has 1 atom stereocenters. The summed E-state index contributed by atoms with van der Waals surface area (Å²) in [7, 11) is 0. The predicted molar refractivity (Wildman–Crippen MR) is 108 cm³/mol. The van der Waals surface area contributed by atoms with E-state index < -0.39 is 0 Å². The van der Waals surface area contributed by atoms with Gasteiger partial charge in [-0.2, -0.15) is 0 Å². The first kappa shape index (κ1) is 17.9. The summed E-state index contributed by atoms with van der Waals surface area (Å²) in [4.78, 5) is 13.0. The zero-order valence-electron chi connectivity index (χ0n) is 15.7. The zero-order chi connectivity index (χ0) is 19.3. The van der Waals surface area contributed by atoms with Crippen molar-refractivity contribution in [2.24, 2.45) is 0 Å². The molecule has 1 unspecified atom stereocenters. The molecule has 0 saturated carbocycles. The number of hydrogen-bond donors (Lipinski definition) is 0. The second kappa shape index (κ2) is 8.05. The average Bonchev–Trinajstić information content (AvgIpc) is 3.18. The summed E-state index contributed by atoms with van der Waals surface area (Å²) in [5.74, 6) is 0.490. The van der Waals surface area contributed by atoms with Crippen LogP contribution in [0.5, 0.6) is 5.75 Å². The highest BCUT2D eigenvalue weighted by molar-refractivity contribution is 6.10. The Balaban J connectivity index is 1.70. The third kappa shape index (κ3) is 3.51. The maximum absolute atomic E-state index is 13.0. The first-order chi connectivity index (χ1) is 13.8. The van der Waals surface area contributed by atoms with Crippen LogP contribution in [0.2, 0.25) is 0 Å². The summed E-state index contributed by atoms with van der Waals surface area (Å²) in [5, 5.41) is 8.53. The predicted octanol–water partition coefficient (Wildman–Crippen LogP) is 5.04. The van der Waals surface area contributed by atoms with Gasteiger partial charge in [-0.3, -0.25) is 4.79 Å². The number of fused-ring (bicyclic) bond motifs is 1. The van der Waals surface area contributed by atoms with Crippen LogP contribution in [-0.2, 0) is 0 Å². The Morgan fingerprint density at radius 1 is 0.964 bits per heavy atom. The van der Waals surface area contributed by atoms with Crippen molar-refractivity contribution in [3.63, 3.8) is 0 Å². The molecule has 1 aromatic heterocycles. The first-order valence-electron chi connectivity index (χ1n) is 9.43. The second-order valence-electron chi connectivity index (χ2n) is 6.58. The number of aromatic nitrogens is 3. The fraction of sp³-hybridized carbons (Fsp3) is 0.174. The van der Waals surface area contributed by atoms with Crippen LogP contribution < -0.4 is 4.74 Å². The van der Waals surface area contributed by atoms with E-state index in [4.69, 9.17) is 4.74 Å². The Morgan fingerprint density at radius 2 is 1.68 bits per heavy atom. The van der Waals surface area contributed by atoms with Crippen molar-refractivity contribution in [1.29, 1.82) is 0 Å². The molecular formula is C23H21N3O2. The highest BCUT2D eigenvalue weighted by Gasteiger charge is 2.20. The number of para-hydroxylation sites is 2. The number of carbonyl (C=O) groups is 1. The van der Waals surface area contributed by atoms with Gasteiger partial charge in [-0.15, -0.1) is 5.10 Å². The van der Waals surface area contributed by atoms with Crippen LogP contribution in [0.15, 0.2) is 78.9 Å². The zero-order valence-corrected chi connectivity index (χ0v) is 15.7. The summed E-state index contributed by atoms with van der Waals surface area (Å²) in [6, 6.07) is 24.4. The van der Waals surface area contributed by atoms with E-state index in [2.05, 4.69) is 17.2 Å². The third-order valence-corrected chi connectivity index (χ3v) is 4.62. The number of ketones is 1. The average molecular weight is 371 g/mol. The number of ether oxygens (including phenoxy) is 1. The Labute approximate surface area is 163 Å². The summed E-state index contributed by atoms with van der Waals surface area (Å²) >= 11 is 0. The van der Waals surface area contributed by atoms with Gasteiger partial charge in [0.15, 0.2) is 12.0 Å². The smallest absolute Gasteiger partial charge is 0.196 e. The Hall–Kier alpha value is -3.47. The Bertz CT molecular complexity index is 1090. The maximum atomic E-state index is 13.0. The van der Waals surface area contributed by atoms with Crippen LogP contribution in [-0.4, -0.2) is 20.8 Å². The van der Waals surface area contributed by atoms with E-state index in [1.807, 2.05) is 72.8 Å². The molecular weight excluding hydrogens is 350 g/mol. The molecule has 0 radical (unpaired) electrons. The van der Waals surface area contributed by atoms with Crippen LogP contribution in [0.3, 0.4) is 0 Å². The molecule has 0 aliphatic rings. The monoisotopic (exact) mass is 371 g/mol. The quantitative estimate of drug-likeness (QED) is 0.427. The molecule has 0 spiro atoms. The topological polar surface area (TPSA) is 57.0 Å². The fourth-order valence-corrected chi connectivity index (χ4v) is 3.23. The molecule has 4 aromatic rings. The number of nitrogens with zero attached hydrogens (tertiary/aromatic N) is 3. The molecule has 1 heterocycles. The number of hydrogen-bond acceptors (Lipinski definition) is 4. The van der Waals surface area contributed by atoms with Crippen molar-refractivity contribution in [2.75, 3.05) is 0 Å². The van der Waals surface area contributed by atoms with Gasteiger partial charge in [0.25, 0.3) is 0 Å². The molecule has 140 valence electrons. The SMILES string of the molecule is CCCC(Oc1ccccc1C(=O)c1ccccc1)n1nnc2ccccc21. The van der Waals surface area contributed by atoms with Gasteiger partial charge in [0.05, 0.1) is 11.1 Å². The first-order valence-corrected chi connectivity index (χ1v) is 9.43. The summed E-state index contributed by atoms with van der Waals surface area (Å²) < 4.78 is 8.12. The fourth-order valence-electron chi connectivity index (χ4n) is 3.23. The van der Waals surface area contributed by atoms with Crippen LogP contribution in [0, 0.1) is 0 Å². The van der Waals surface area contributed by atoms with Gasteiger partial charge in [0.2, 0.25) is 0 Å². The van der Waals surface area contributed by atoms with Crippen molar-refractivity contribution >= 4 is 16.8 Å². The molecule has 28 heavy (non-hydrogen) atoms. The normalized spacial score (nSPS) is 12.0. The lowest BCUT2D eigenvalue weighted by Gasteiger charge is -2.21. The minimum Gasteiger partial charge on any atom is -0.468 e. The lowest BCUT2D eigenvalue weighted by molar-refractivity contribution is 0.0979. The molecule has 5 heteroatoms. The molecule has 0 amide bonds. The van der Waals surface area contributed by atoms with E-state index in [1.54, 1.807) is 10.7 Å². The van der Waals surface area contributed by atoms with Crippen molar-refractivity contribution in [1.82, 2.24) is 15.0 Å². The Morgan fingerprint density at radius 3 is 2.50 bits per heavy atom.